The van der Waals surface area contributed by atoms with Gasteiger partial charge in [-0.2, -0.15) is 13.2 Å². The molecule has 0 amide bonds. The number of nitrogens with zero attached hydrogens (tertiary/aromatic N) is 5. The van der Waals surface area contributed by atoms with E-state index in [1.165, 1.54) is 16.8 Å². The summed E-state index contributed by atoms with van der Waals surface area (Å²) in [6.07, 6.45) is 2.51. The molecule has 2 unspecified atom stereocenters. The van der Waals surface area contributed by atoms with Gasteiger partial charge >= 0.3 is 6.18 Å². The fraction of sp³-hybridized carbons (Fsp3) is 0.485. The summed E-state index contributed by atoms with van der Waals surface area (Å²) in [6, 6.07) is 8.74. The predicted octanol–water partition coefficient (Wildman–Crippen LogP) is 7.18. The summed E-state index contributed by atoms with van der Waals surface area (Å²) in [4.78, 5) is 21.8. The summed E-state index contributed by atoms with van der Waals surface area (Å²) in [5.74, 6) is 1.30. The molecule has 4 aromatic rings. The van der Waals surface area contributed by atoms with Crippen LogP contribution < -0.4 is 9.80 Å². The van der Waals surface area contributed by atoms with Crippen LogP contribution in [0.2, 0.25) is 0 Å². The summed E-state index contributed by atoms with van der Waals surface area (Å²) >= 11 is 0. The van der Waals surface area contributed by atoms with Crippen LogP contribution in [0, 0.1) is 6.92 Å². The van der Waals surface area contributed by atoms with Gasteiger partial charge in [-0.3, -0.25) is 0 Å². The number of hydrogen-bond donors (Lipinski definition) is 1. The Kier molecular flexibility index (Phi) is 6.87. The van der Waals surface area contributed by atoms with E-state index < -0.39 is 11.7 Å². The van der Waals surface area contributed by atoms with Crippen LogP contribution in [0.3, 0.4) is 0 Å². The lowest BCUT2D eigenvalue weighted by Gasteiger charge is -2.42. The number of nitrogens with one attached hydrogen (secondary N) is 1. The number of benzene rings is 1. The maximum Gasteiger partial charge on any atom is 0.418 e. The number of H-pyrrole nitrogens is 1. The Balaban J connectivity index is 1.40. The molecule has 1 N–H and O–H groups in total. The number of rotatable bonds is 5. The van der Waals surface area contributed by atoms with Gasteiger partial charge in [0.05, 0.1) is 17.4 Å². The van der Waals surface area contributed by atoms with Crippen molar-refractivity contribution in [3.05, 3.63) is 64.6 Å². The molecule has 226 valence electrons. The van der Waals surface area contributed by atoms with Gasteiger partial charge in [0.1, 0.15) is 11.5 Å². The van der Waals surface area contributed by atoms with E-state index in [-0.39, 0.29) is 29.6 Å². The molecule has 2 fully saturated rings. The van der Waals surface area contributed by atoms with Crippen molar-refractivity contribution in [2.24, 2.45) is 0 Å². The second-order valence-electron chi connectivity index (χ2n) is 12.6. The minimum absolute atomic E-state index is 0.00941. The second-order valence-corrected chi connectivity index (χ2v) is 12.6. The lowest BCUT2D eigenvalue weighted by molar-refractivity contribution is -0.137. The standard InChI is InChI=1S/C33H37F3N6O/c1-18(2)20-6-5-19(3)28(13-20)41-12-10-27-25(17-41)32(42-21-7-8-22(42)15-23(14-21)43-4)40-31(39-27)29-24-9-11-37-30(24)38-16-26(29)33(34,35)36/h5-6,9,11,13,16,18,21-23H,7-8,10,12,14-15,17H2,1-4H3,(H,37,38). The molecule has 2 atom stereocenters. The van der Waals surface area contributed by atoms with Gasteiger partial charge in [0, 0.05) is 73.3 Å². The zero-order valence-corrected chi connectivity index (χ0v) is 25.0. The number of pyridine rings is 1. The summed E-state index contributed by atoms with van der Waals surface area (Å²) < 4.78 is 49.0. The molecule has 6 heterocycles. The molecule has 1 aromatic carbocycles. The Bertz CT molecular complexity index is 1670. The smallest absolute Gasteiger partial charge is 0.381 e. The molecule has 0 aliphatic carbocycles. The third-order valence-corrected chi connectivity index (χ3v) is 9.66. The minimum atomic E-state index is -4.60. The number of aromatic nitrogens is 4. The number of anilines is 2. The Morgan fingerprint density at radius 2 is 1.84 bits per heavy atom. The maximum atomic E-state index is 14.4. The number of aryl methyl sites for hydroxylation is 1. The average molecular weight is 591 g/mol. The molecule has 2 bridgehead atoms. The van der Waals surface area contributed by atoms with Crippen molar-refractivity contribution >= 4 is 22.5 Å². The monoisotopic (exact) mass is 590 g/mol. The first-order valence-electron chi connectivity index (χ1n) is 15.2. The molecule has 3 aliphatic heterocycles. The Morgan fingerprint density at radius 3 is 2.53 bits per heavy atom. The summed E-state index contributed by atoms with van der Waals surface area (Å²) in [5, 5.41) is 0.375. The largest absolute Gasteiger partial charge is 0.418 e. The van der Waals surface area contributed by atoms with E-state index >= 15 is 0 Å². The molecule has 0 radical (unpaired) electrons. The van der Waals surface area contributed by atoms with Gasteiger partial charge in [-0.05, 0) is 61.8 Å². The van der Waals surface area contributed by atoms with Gasteiger partial charge < -0.3 is 19.5 Å². The molecule has 10 heteroatoms. The summed E-state index contributed by atoms with van der Waals surface area (Å²) in [7, 11) is 1.76. The highest BCUT2D eigenvalue weighted by atomic mass is 19.4. The minimum Gasteiger partial charge on any atom is -0.381 e. The van der Waals surface area contributed by atoms with Gasteiger partial charge in [0.25, 0.3) is 0 Å². The number of piperidine rings is 1. The van der Waals surface area contributed by atoms with Crippen LogP contribution >= 0.6 is 0 Å². The highest BCUT2D eigenvalue weighted by Gasteiger charge is 2.44. The summed E-state index contributed by atoms with van der Waals surface area (Å²) in [5.41, 5.74) is 5.09. The molecule has 2 saturated heterocycles. The predicted molar refractivity (Wildman–Crippen MR) is 161 cm³/mol. The van der Waals surface area contributed by atoms with Crippen LogP contribution in [-0.4, -0.2) is 51.8 Å². The number of ether oxygens (including phenoxy) is 1. The highest BCUT2D eigenvalue weighted by Crippen LogP contribution is 2.45. The summed E-state index contributed by atoms with van der Waals surface area (Å²) in [6.45, 7) is 7.87. The fourth-order valence-corrected chi connectivity index (χ4v) is 7.38. The number of halogens is 3. The number of hydrogen-bond acceptors (Lipinski definition) is 6. The van der Waals surface area contributed by atoms with Crippen LogP contribution in [0.4, 0.5) is 24.7 Å². The van der Waals surface area contributed by atoms with Crippen LogP contribution in [0.15, 0.2) is 36.7 Å². The zero-order chi connectivity index (χ0) is 30.0. The Morgan fingerprint density at radius 1 is 1.07 bits per heavy atom. The number of methoxy groups -OCH3 is 1. The lowest BCUT2D eigenvalue weighted by atomic mass is 9.96. The van der Waals surface area contributed by atoms with Crippen molar-refractivity contribution in [3.63, 3.8) is 0 Å². The second kappa shape index (κ2) is 10.5. The molecule has 0 saturated carbocycles. The van der Waals surface area contributed by atoms with Crippen molar-refractivity contribution in [2.45, 2.75) is 89.7 Å². The maximum absolute atomic E-state index is 14.4. The van der Waals surface area contributed by atoms with E-state index in [1.54, 1.807) is 19.4 Å². The average Bonchev–Trinajstić information content (AvgIpc) is 3.56. The molecule has 3 aliphatic rings. The van der Waals surface area contributed by atoms with E-state index in [1.807, 2.05) is 0 Å². The van der Waals surface area contributed by atoms with Gasteiger partial charge in [0.2, 0.25) is 0 Å². The van der Waals surface area contributed by atoms with Crippen molar-refractivity contribution in [1.29, 1.82) is 0 Å². The van der Waals surface area contributed by atoms with Gasteiger partial charge in [-0.15, -0.1) is 0 Å². The van der Waals surface area contributed by atoms with Crippen LogP contribution in [-0.2, 0) is 23.9 Å². The van der Waals surface area contributed by atoms with Gasteiger partial charge in [-0.1, -0.05) is 26.0 Å². The van der Waals surface area contributed by atoms with E-state index in [2.05, 4.69) is 58.7 Å². The first-order chi connectivity index (χ1) is 20.6. The molecule has 3 aromatic heterocycles. The topological polar surface area (TPSA) is 70.2 Å². The first kappa shape index (κ1) is 28.1. The highest BCUT2D eigenvalue weighted by molar-refractivity contribution is 5.93. The molecule has 43 heavy (non-hydrogen) atoms. The first-order valence-corrected chi connectivity index (χ1v) is 15.2. The molecule has 0 spiro atoms. The van der Waals surface area contributed by atoms with E-state index in [4.69, 9.17) is 14.7 Å². The quantitative estimate of drug-likeness (QED) is 0.266. The lowest BCUT2D eigenvalue weighted by Crippen LogP contribution is -2.47. The molecular weight excluding hydrogens is 553 g/mol. The van der Waals surface area contributed by atoms with Crippen molar-refractivity contribution < 1.29 is 17.9 Å². The Labute approximate surface area is 249 Å². The van der Waals surface area contributed by atoms with Gasteiger partial charge in [-0.25, -0.2) is 15.0 Å². The van der Waals surface area contributed by atoms with E-state index in [9.17, 15) is 13.2 Å². The third-order valence-electron chi connectivity index (χ3n) is 9.66. The molecule has 7 rings (SSSR count). The van der Waals surface area contributed by atoms with E-state index in [0.717, 1.165) is 55.5 Å². The van der Waals surface area contributed by atoms with Gasteiger partial charge in [0.15, 0.2) is 5.82 Å². The SMILES string of the molecule is COC1CC2CCC(C1)N2c1nc(-c2c(C(F)(F)F)cnc3[nH]ccc23)nc2c1CN(c1cc(C(C)C)ccc1C)CC2. The van der Waals surface area contributed by atoms with Crippen LogP contribution in [0.25, 0.3) is 22.4 Å². The normalized spacial score (nSPS) is 22.1. The molecular formula is C33H37F3N6O. The number of fused-ring (bicyclic) bond motifs is 4. The van der Waals surface area contributed by atoms with Crippen LogP contribution in [0.5, 0.6) is 0 Å². The fourth-order valence-electron chi connectivity index (χ4n) is 7.38. The van der Waals surface area contributed by atoms with Crippen molar-refractivity contribution in [2.75, 3.05) is 23.5 Å². The molecule has 7 nitrogen and oxygen atoms in total. The van der Waals surface area contributed by atoms with E-state index in [0.29, 0.717) is 29.9 Å². The Hall–Kier alpha value is -3.66. The zero-order valence-electron chi connectivity index (χ0n) is 25.0. The third kappa shape index (κ3) is 4.83. The van der Waals surface area contributed by atoms with Crippen LogP contribution in [0.1, 0.15) is 73.4 Å². The van der Waals surface area contributed by atoms with Crippen molar-refractivity contribution in [1.82, 2.24) is 19.9 Å². The van der Waals surface area contributed by atoms with Crippen molar-refractivity contribution in [3.8, 4) is 11.4 Å². The number of alkyl halides is 3. The number of aromatic amines is 1.